The van der Waals surface area contributed by atoms with Crippen molar-refractivity contribution in [1.82, 2.24) is 0 Å². The molecular formula is C22H30O4. The summed E-state index contributed by atoms with van der Waals surface area (Å²) in [6, 6.07) is 8.39. The molecule has 4 nitrogen and oxygen atoms in total. The van der Waals surface area contributed by atoms with Gasteiger partial charge in [-0.25, -0.2) is 0 Å². The van der Waals surface area contributed by atoms with Gasteiger partial charge < -0.3 is 20.1 Å². The molecule has 4 heteroatoms. The van der Waals surface area contributed by atoms with Gasteiger partial charge in [-0.15, -0.1) is 0 Å². The summed E-state index contributed by atoms with van der Waals surface area (Å²) < 4.78 is 5.74. The smallest absolute Gasteiger partial charge is 0.125 e. The first-order chi connectivity index (χ1) is 12.3. The van der Waals surface area contributed by atoms with Gasteiger partial charge in [-0.1, -0.05) is 12.1 Å². The van der Waals surface area contributed by atoms with Crippen LogP contribution in [0.5, 0.6) is 5.75 Å². The molecule has 0 radical (unpaired) electrons. The van der Waals surface area contributed by atoms with Crippen molar-refractivity contribution in [1.29, 1.82) is 0 Å². The normalized spacial score (nSPS) is 12.5. The summed E-state index contributed by atoms with van der Waals surface area (Å²) in [7, 11) is 0. The van der Waals surface area contributed by atoms with Gasteiger partial charge in [0, 0.05) is 5.92 Å². The molecule has 0 aromatic heterocycles. The molecule has 0 aliphatic carbocycles. The number of ether oxygens (including phenoxy) is 1. The standard InChI is InChI=1S/C22H30O4/c1-13-6-18(7-14(2)21(13)20(10-23)11-24)19-8-15(3)22(16(4)9-19)26-12-17(5)25/h6-9,17,20,23-25H,10-12H2,1-5H3. The van der Waals surface area contributed by atoms with E-state index in [1.165, 1.54) is 0 Å². The fourth-order valence-corrected chi connectivity index (χ4v) is 3.57. The minimum atomic E-state index is -0.502. The van der Waals surface area contributed by atoms with Crippen molar-refractivity contribution in [3.8, 4) is 16.9 Å². The average molecular weight is 358 g/mol. The van der Waals surface area contributed by atoms with Gasteiger partial charge in [0.05, 0.1) is 19.3 Å². The van der Waals surface area contributed by atoms with Crippen molar-refractivity contribution >= 4 is 0 Å². The third kappa shape index (κ3) is 4.44. The van der Waals surface area contributed by atoms with Crippen LogP contribution < -0.4 is 4.74 Å². The van der Waals surface area contributed by atoms with Gasteiger partial charge in [0.15, 0.2) is 0 Å². The van der Waals surface area contributed by atoms with E-state index in [0.29, 0.717) is 0 Å². The van der Waals surface area contributed by atoms with Crippen LogP contribution in [0.15, 0.2) is 24.3 Å². The summed E-state index contributed by atoms with van der Waals surface area (Å²) in [6.45, 7) is 9.91. The summed E-state index contributed by atoms with van der Waals surface area (Å²) >= 11 is 0. The molecule has 0 saturated carbocycles. The molecule has 1 atom stereocenters. The highest BCUT2D eigenvalue weighted by Crippen LogP contribution is 2.33. The minimum absolute atomic E-state index is 0.0644. The van der Waals surface area contributed by atoms with Crippen molar-refractivity contribution in [3.63, 3.8) is 0 Å². The van der Waals surface area contributed by atoms with Crippen LogP contribution in [0.25, 0.3) is 11.1 Å². The molecule has 3 N–H and O–H groups in total. The van der Waals surface area contributed by atoms with Crippen LogP contribution in [0.3, 0.4) is 0 Å². The molecule has 26 heavy (non-hydrogen) atoms. The van der Waals surface area contributed by atoms with Crippen LogP contribution in [0.1, 0.15) is 40.7 Å². The highest BCUT2D eigenvalue weighted by atomic mass is 16.5. The van der Waals surface area contributed by atoms with Crippen molar-refractivity contribution in [3.05, 3.63) is 52.1 Å². The Morgan fingerprint density at radius 3 is 1.62 bits per heavy atom. The predicted octanol–water partition coefficient (Wildman–Crippen LogP) is 3.42. The molecule has 0 saturated heterocycles. The van der Waals surface area contributed by atoms with Crippen molar-refractivity contribution in [2.45, 2.75) is 46.6 Å². The predicted molar refractivity (Wildman–Crippen MR) is 105 cm³/mol. The van der Waals surface area contributed by atoms with Crippen LogP contribution in [0.4, 0.5) is 0 Å². The SMILES string of the molecule is Cc1cc(-c2cc(C)c(C(CO)CO)c(C)c2)cc(C)c1OCC(C)O. The molecule has 0 aliphatic rings. The summed E-state index contributed by atoms with van der Waals surface area (Å²) in [5.74, 6) is 0.573. The molecule has 2 aromatic rings. The zero-order valence-electron chi connectivity index (χ0n) is 16.3. The van der Waals surface area contributed by atoms with E-state index in [2.05, 4.69) is 24.3 Å². The molecule has 2 rings (SSSR count). The summed E-state index contributed by atoms with van der Waals surface area (Å²) in [5, 5.41) is 28.5. The van der Waals surface area contributed by atoms with Crippen molar-refractivity contribution in [2.75, 3.05) is 19.8 Å². The topological polar surface area (TPSA) is 69.9 Å². The van der Waals surface area contributed by atoms with Crippen molar-refractivity contribution in [2.24, 2.45) is 0 Å². The lowest BCUT2D eigenvalue weighted by Crippen LogP contribution is -2.14. The molecular weight excluding hydrogens is 328 g/mol. The number of aliphatic hydroxyl groups excluding tert-OH is 3. The van der Waals surface area contributed by atoms with Crippen LogP contribution in [0.2, 0.25) is 0 Å². The van der Waals surface area contributed by atoms with E-state index in [1.807, 2.05) is 27.7 Å². The zero-order chi connectivity index (χ0) is 19.4. The number of rotatable bonds is 7. The van der Waals surface area contributed by atoms with Gasteiger partial charge >= 0.3 is 0 Å². The van der Waals surface area contributed by atoms with Gasteiger partial charge in [-0.3, -0.25) is 0 Å². The van der Waals surface area contributed by atoms with Crippen molar-refractivity contribution < 1.29 is 20.1 Å². The first-order valence-corrected chi connectivity index (χ1v) is 9.03. The molecule has 0 fully saturated rings. The summed E-state index contributed by atoms with van der Waals surface area (Å²) in [4.78, 5) is 0. The largest absolute Gasteiger partial charge is 0.490 e. The molecule has 2 aromatic carbocycles. The maximum absolute atomic E-state index is 9.52. The maximum atomic E-state index is 9.52. The van der Waals surface area contributed by atoms with E-state index in [0.717, 1.165) is 44.7 Å². The van der Waals surface area contributed by atoms with Gasteiger partial charge in [0.25, 0.3) is 0 Å². The first kappa shape index (κ1) is 20.4. The Morgan fingerprint density at radius 1 is 0.808 bits per heavy atom. The van der Waals surface area contributed by atoms with E-state index in [1.54, 1.807) is 6.92 Å². The molecule has 0 aliphatic heterocycles. The molecule has 1 unspecified atom stereocenters. The van der Waals surface area contributed by atoms with E-state index in [9.17, 15) is 15.3 Å². The lowest BCUT2D eigenvalue weighted by Gasteiger charge is -2.20. The van der Waals surface area contributed by atoms with E-state index < -0.39 is 6.10 Å². The Bertz CT molecular complexity index is 715. The molecule has 0 amide bonds. The maximum Gasteiger partial charge on any atom is 0.125 e. The number of aryl methyl sites for hydroxylation is 4. The minimum Gasteiger partial charge on any atom is -0.490 e. The number of aliphatic hydroxyl groups is 3. The number of hydrogen-bond donors (Lipinski definition) is 3. The second-order valence-electron chi connectivity index (χ2n) is 7.18. The molecule has 0 spiro atoms. The number of benzene rings is 2. The monoisotopic (exact) mass is 358 g/mol. The van der Waals surface area contributed by atoms with Crippen LogP contribution in [-0.4, -0.2) is 41.2 Å². The van der Waals surface area contributed by atoms with Crippen LogP contribution >= 0.6 is 0 Å². The second kappa shape index (κ2) is 8.67. The lowest BCUT2D eigenvalue weighted by atomic mass is 9.88. The molecule has 0 heterocycles. The lowest BCUT2D eigenvalue weighted by molar-refractivity contribution is 0.122. The van der Waals surface area contributed by atoms with E-state index in [-0.39, 0.29) is 25.7 Å². The summed E-state index contributed by atoms with van der Waals surface area (Å²) in [5.41, 5.74) is 7.42. The Morgan fingerprint density at radius 2 is 1.23 bits per heavy atom. The Hall–Kier alpha value is -1.88. The van der Waals surface area contributed by atoms with Gasteiger partial charge in [0.2, 0.25) is 0 Å². The van der Waals surface area contributed by atoms with Gasteiger partial charge in [0.1, 0.15) is 12.4 Å². The van der Waals surface area contributed by atoms with Gasteiger partial charge in [-0.05, 0) is 85.7 Å². The quantitative estimate of drug-likeness (QED) is 0.709. The second-order valence-corrected chi connectivity index (χ2v) is 7.18. The van der Waals surface area contributed by atoms with E-state index in [4.69, 9.17) is 4.74 Å². The number of hydrogen-bond acceptors (Lipinski definition) is 4. The summed E-state index contributed by atoms with van der Waals surface area (Å²) in [6.07, 6.45) is -0.502. The Kier molecular flexibility index (Phi) is 6.81. The van der Waals surface area contributed by atoms with E-state index >= 15 is 0 Å². The fourth-order valence-electron chi connectivity index (χ4n) is 3.57. The third-order valence-electron chi connectivity index (χ3n) is 4.71. The Balaban J connectivity index is 2.43. The average Bonchev–Trinajstić information content (AvgIpc) is 2.56. The van der Waals surface area contributed by atoms with Crippen LogP contribution in [0, 0.1) is 27.7 Å². The highest BCUT2D eigenvalue weighted by Gasteiger charge is 2.17. The Labute approximate surface area is 156 Å². The zero-order valence-corrected chi connectivity index (χ0v) is 16.3. The fraction of sp³-hybridized carbons (Fsp3) is 0.455. The highest BCUT2D eigenvalue weighted by molar-refractivity contribution is 5.69. The molecule has 0 bridgehead atoms. The molecule has 142 valence electrons. The third-order valence-corrected chi connectivity index (χ3v) is 4.71. The van der Waals surface area contributed by atoms with Gasteiger partial charge in [-0.2, -0.15) is 0 Å². The van der Waals surface area contributed by atoms with Crippen LogP contribution in [-0.2, 0) is 0 Å². The first-order valence-electron chi connectivity index (χ1n) is 9.03.